The molecule has 2 aliphatic rings. The number of hydrogen-bond donors (Lipinski definition) is 1. The summed E-state index contributed by atoms with van der Waals surface area (Å²) in [5.74, 6) is 1.55. The first-order valence-electron chi connectivity index (χ1n) is 9.90. The Balaban J connectivity index is 1.39. The van der Waals surface area contributed by atoms with Crippen LogP contribution in [0.25, 0.3) is 5.69 Å². The topological polar surface area (TPSA) is 47.1 Å². The molecule has 1 aromatic carbocycles. The van der Waals surface area contributed by atoms with Crippen LogP contribution in [0.2, 0.25) is 0 Å². The fourth-order valence-electron chi connectivity index (χ4n) is 4.69. The third-order valence-corrected chi connectivity index (χ3v) is 6.11. The minimum atomic E-state index is 0.442. The lowest BCUT2D eigenvalue weighted by atomic mass is 9.77. The highest BCUT2D eigenvalue weighted by molar-refractivity contribution is 5.51. The molecule has 2 N–H and O–H groups in total. The molecular formula is C21H30N4. The number of nitrogens with two attached hydrogens (primary N) is 1. The van der Waals surface area contributed by atoms with E-state index in [2.05, 4.69) is 34.3 Å². The van der Waals surface area contributed by atoms with E-state index in [9.17, 15) is 0 Å². The molecule has 1 aliphatic carbocycles. The van der Waals surface area contributed by atoms with Gasteiger partial charge in [-0.1, -0.05) is 12.8 Å². The summed E-state index contributed by atoms with van der Waals surface area (Å²) in [4.78, 5) is 2.56. The number of rotatable bonds is 4. The van der Waals surface area contributed by atoms with Crippen LogP contribution >= 0.6 is 0 Å². The molecule has 1 saturated carbocycles. The maximum Gasteiger partial charge on any atom is 0.0647 e. The summed E-state index contributed by atoms with van der Waals surface area (Å²) in [5.41, 5.74) is 8.85. The average molecular weight is 338 g/mol. The zero-order valence-corrected chi connectivity index (χ0v) is 15.1. The van der Waals surface area contributed by atoms with Gasteiger partial charge in [0, 0.05) is 37.2 Å². The molecule has 3 atom stereocenters. The monoisotopic (exact) mass is 338 g/mol. The molecule has 2 fully saturated rings. The second-order valence-corrected chi connectivity index (χ2v) is 7.87. The van der Waals surface area contributed by atoms with Gasteiger partial charge in [-0.2, -0.15) is 5.10 Å². The van der Waals surface area contributed by atoms with Crippen molar-refractivity contribution in [3.8, 4) is 5.69 Å². The molecule has 4 nitrogen and oxygen atoms in total. The van der Waals surface area contributed by atoms with Crippen molar-refractivity contribution in [1.29, 1.82) is 0 Å². The first-order chi connectivity index (χ1) is 12.3. The number of hydrogen-bond acceptors (Lipinski definition) is 3. The van der Waals surface area contributed by atoms with Gasteiger partial charge in [0.15, 0.2) is 0 Å². The molecule has 0 bridgehead atoms. The highest BCUT2D eigenvalue weighted by Gasteiger charge is 2.27. The van der Waals surface area contributed by atoms with E-state index in [4.69, 9.17) is 5.73 Å². The summed E-state index contributed by atoms with van der Waals surface area (Å²) in [6, 6.07) is 11.2. The van der Waals surface area contributed by atoms with Crippen LogP contribution in [0.1, 0.15) is 44.9 Å². The van der Waals surface area contributed by atoms with Crippen molar-refractivity contribution in [2.75, 3.05) is 18.0 Å². The molecule has 0 amide bonds. The minimum absolute atomic E-state index is 0.442. The van der Waals surface area contributed by atoms with Crippen LogP contribution in [0.15, 0.2) is 42.7 Å². The maximum absolute atomic E-state index is 6.38. The largest absolute Gasteiger partial charge is 0.371 e. The molecule has 2 heterocycles. The predicted octanol–water partition coefficient (Wildman–Crippen LogP) is 4.00. The summed E-state index contributed by atoms with van der Waals surface area (Å²) in [5, 5.41) is 4.30. The van der Waals surface area contributed by atoms with E-state index < -0.39 is 0 Å². The van der Waals surface area contributed by atoms with E-state index >= 15 is 0 Å². The lowest BCUT2D eigenvalue weighted by Gasteiger charge is -2.38. The van der Waals surface area contributed by atoms with E-state index in [0.29, 0.717) is 6.04 Å². The molecule has 25 heavy (non-hydrogen) atoms. The number of aromatic nitrogens is 2. The number of benzene rings is 1. The Hall–Kier alpha value is -1.81. The van der Waals surface area contributed by atoms with Gasteiger partial charge in [0.05, 0.1) is 5.69 Å². The number of nitrogens with zero attached hydrogens (tertiary/aromatic N) is 3. The van der Waals surface area contributed by atoms with Crippen LogP contribution in [-0.4, -0.2) is 28.9 Å². The van der Waals surface area contributed by atoms with Gasteiger partial charge in [0.1, 0.15) is 0 Å². The molecule has 0 unspecified atom stereocenters. The molecule has 4 rings (SSSR count). The summed E-state index contributed by atoms with van der Waals surface area (Å²) in [6.07, 6.45) is 13.1. The SMILES string of the molecule is N[C@@H]1CCCC[C@H]1C[C@H]1CCCN(c2ccc(-n3cccn3)cc2)C1. The van der Waals surface area contributed by atoms with Gasteiger partial charge in [-0.05, 0) is 74.3 Å². The highest BCUT2D eigenvalue weighted by Crippen LogP contribution is 2.33. The summed E-state index contributed by atoms with van der Waals surface area (Å²) < 4.78 is 1.91. The Morgan fingerprint density at radius 2 is 1.80 bits per heavy atom. The van der Waals surface area contributed by atoms with Gasteiger partial charge in [0.25, 0.3) is 0 Å². The van der Waals surface area contributed by atoms with Crippen molar-refractivity contribution in [3.63, 3.8) is 0 Å². The van der Waals surface area contributed by atoms with Crippen LogP contribution in [0.5, 0.6) is 0 Å². The number of piperidine rings is 1. The summed E-state index contributed by atoms with van der Waals surface area (Å²) in [6.45, 7) is 2.36. The van der Waals surface area contributed by atoms with Gasteiger partial charge in [-0.25, -0.2) is 4.68 Å². The van der Waals surface area contributed by atoms with Gasteiger partial charge >= 0.3 is 0 Å². The van der Waals surface area contributed by atoms with E-state index in [0.717, 1.165) is 17.5 Å². The van der Waals surface area contributed by atoms with Crippen LogP contribution in [0.4, 0.5) is 5.69 Å². The van der Waals surface area contributed by atoms with Crippen molar-refractivity contribution in [2.45, 2.75) is 51.0 Å². The molecule has 0 spiro atoms. The third-order valence-electron chi connectivity index (χ3n) is 6.11. The predicted molar refractivity (Wildman–Crippen MR) is 103 cm³/mol. The summed E-state index contributed by atoms with van der Waals surface area (Å²) >= 11 is 0. The third kappa shape index (κ3) is 3.90. The molecule has 4 heteroatoms. The molecule has 1 aromatic heterocycles. The minimum Gasteiger partial charge on any atom is -0.371 e. The zero-order valence-electron chi connectivity index (χ0n) is 15.1. The Morgan fingerprint density at radius 3 is 2.56 bits per heavy atom. The Kier molecular flexibility index (Phi) is 5.07. The van der Waals surface area contributed by atoms with E-state index in [1.165, 1.54) is 63.7 Å². The fourth-order valence-corrected chi connectivity index (χ4v) is 4.69. The van der Waals surface area contributed by atoms with E-state index in [1.54, 1.807) is 0 Å². The van der Waals surface area contributed by atoms with Crippen molar-refractivity contribution in [3.05, 3.63) is 42.7 Å². The normalized spacial score (nSPS) is 27.4. The van der Waals surface area contributed by atoms with Crippen LogP contribution in [0.3, 0.4) is 0 Å². The van der Waals surface area contributed by atoms with Crippen molar-refractivity contribution >= 4 is 5.69 Å². The lowest BCUT2D eigenvalue weighted by molar-refractivity contribution is 0.237. The molecule has 134 valence electrons. The van der Waals surface area contributed by atoms with Crippen LogP contribution in [-0.2, 0) is 0 Å². The lowest BCUT2D eigenvalue weighted by Crippen LogP contribution is -2.39. The Morgan fingerprint density at radius 1 is 1.00 bits per heavy atom. The van der Waals surface area contributed by atoms with Gasteiger partial charge < -0.3 is 10.6 Å². The Bertz CT molecular complexity index is 649. The zero-order chi connectivity index (χ0) is 17.1. The van der Waals surface area contributed by atoms with E-state index in [-0.39, 0.29) is 0 Å². The quantitative estimate of drug-likeness (QED) is 0.917. The Labute approximate surface area is 151 Å². The average Bonchev–Trinajstić information content (AvgIpc) is 3.19. The van der Waals surface area contributed by atoms with Crippen molar-refractivity contribution in [2.24, 2.45) is 17.6 Å². The molecule has 0 radical (unpaired) electrons. The highest BCUT2D eigenvalue weighted by atomic mass is 15.3. The second-order valence-electron chi connectivity index (χ2n) is 7.87. The van der Waals surface area contributed by atoms with Gasteiger partial charge in [-0.15, -0.1) is 0 Å². The molecule has 1 saturated heterocycles. The second kappa shape index (κ2) is 7.61. The maximum atomic E-state index is 6.38. The van der Waals surface area contributed by atoms with Gasteiger partial charge in [-0.3, -0.25) is 0 Å². The van der Waals surface area contributed by atoms with Gasteiger partial charge in [0.2, 0.25) is 0 Å². The molecule has 2 aromatic rings. The number of anilines is 1. The van der Waals surface area contributed by atoms with Crippen LogP contribution < -0.4 is 10.6 Å². The first-order valence-corrected chi connectivity index (χ1v) is 9.90. The van der Waals surface area contributed by atoms with Crippen LogP contribution in [0, 0.1) is 11.8 Å². The fraction of sp³-hybridized carbons (Fsp3) is 0.571. The van der Waals surface area contributed by atoms with E-state index in [1.807, 2.05) is 23.1 Å². The first kappa shape index (κ1) is 16.6. The smallest absolute Gasteiger partial charge is 0.0647 e. The standard InChI is InChI=1S/C21H30N4/c22-21-7-2-1-6-18(21)15-17-5-3-13-24(16-17)19-8-10-20(11-9-19)25-14-4-12-23-25/h4,8-12,14,17-18,21H,1-3,5-7,13,15-16,22H2/t17-,18+,21-/m1/s1. The van der Waals surface area contributed by atoms with Crippen molar-refractivity contribution in [1.82, 2.24) is 9.78 Å². The van der Waals surface area contributed by atoms with Crippen molar-refractivity contribution < 1.29 is 0 Å². The summed E-state index contributed by atoms with van der Waals surface area (Å²) in [7, 11) is 0. The molecule has 1 aliphatic heterocycles. The molecular weight excluding hydrogens is 308 g/mol.